The van der Waals surface area contributed by atoms with Gasteiger partial charge in [-0.15, -0.1) is 0 Å². The van der Waals surface area contributed by atoms with E-state index in [0.29, 0.717) is 34.1 Å². The van der Waals surface area contributed by atoms with Gasteiger partial charge in [-0.2, -0.15) is 0 Å². The van der Waals surface area contributed by atoms with E-state index in [4.69, 9.17) is 18.9 Å². The van der Waals surface area contributed by atoms with Crippen LogP contribution in [0.25, 0.3) is 11.6 Å². The van der Waals surface area contributed by atoms with E-state index >= 15 is 0 Å². The van der Waals surface area contributed by atoms with Crippen LogP contribution in [0, 0.1) is 0 Å². The molecule has 0 radical (unpaired) electrons. The molecule has 0 bridgehead atoms. The Morgan fingerprint density at radius 1 is 0.840 bits per heavy atom. The van der Waals surface area contributed by atoms with E-state index in [-0.39, 0.29) is 5.57 Å². The van der Waals surface area contributed by atoms with Crippen molar-refractivity contribution in [3.8, 4) is 23.0 Å². The van der Waals surface area contributed by atoms with E-state index in [1.54, 1.807) is 43.5 Å². The minimum absolute atomic E-state index is 0.119. The molecule has 6 nitrogen and oxygen atoms in total. The molecule has 0 saturated heterocycles. The lowest BCUT2D eigenvalue weighted by molar-refractivity contribution is -0.130. The average molecular weight is 344 g/mol. The van der Waals surface area contributed by atoms with E-state index in [9.17, 15) is 9.90 Å². The number of methoxy groups -OCH3 is 4. The normalized spacial score (nSPS) is 11.0. The highest BCUT2D eigenvalue weighted by Gasteiger charge is 2.15. The summed E-state index contributed by atoms with van der Waals surface area (Å²) < 4.78 is 21.0. The molecule has 0 saturated carbocycles. The molecule has 6 heteroatoms. The summed E-state index contributed by atoms with van der Waals surface area (Å²) in [4.78, 5) is 11.7. The van der Waals surface area contributed by atoms with Crippen molar-refractivity contribution >= 4 is 17.6 Å². The van der Waals surface area contributed by atoms with E-state index < -0.39 is 5.97 Å². The van der Waals surface area contributed by atoms with Crippen molar-refractivity contribution in [3.63, 3.8) is 0 Å². The molecule has 0 fully saturated rings. The fraction of sp³-hybridized carbons (Fsp3) is 0.211. The summed E-state index contributed by atoms with van der Waals surface area (Å²) in [5.41, 5.74) is 1.23. The predicted octanol–water partition coefficient (Wildman–Crippen LogP) is 3.35. The van der Waals surface area contributed by atoms with Crippen LogP contribution in [0.15, 0.2) is 36.4 Å². The van der Waals surface area contributed by atoms with Gasteiger partial charge in [0.1, 0.15) is 11.5 Å². The van der Waals surface area contributed by atoms with Crippen LogP contribution >= 0.6 is 0 Å². The maximum Gasteiger partial charge on any atom is 0.336 e. The SMILES string of the molecule is COc1ccc(/C(=C/c2cc(OC)c(OC)cc2OC)C(=O)O)cc1. The first kappa shape index (κ1) is 18.2. The molecule has 0 unspecified atom stereocenters. The molecule has 0 aliphatic carbocycles. The van der Waals surface area contributed by atoms with Crippen molar-refractivity contribution in [1.82, 2.24) is 0 Å². The van der Waals surface area contributed by atoms with Gasteiger partial charge in [0.25, 0.3) is 0 Å². The van der Waals surface area contributed by atoms with Crippen LogP contribution in [0.2, 0.25) is 0 Å². The van der Waals surface area contributed by atoms with Gasteiger partial charge in [0, 0.05) is 11.6 Å². The quantitative estimate of drug-likeness (QED) is 0.613. The van der Waals surface area contributed by atoms with Crippen molar-refractivity contribution < 1.29 is 28.8 Å². The second kappa shape index (κ2) is 8.10. The summed E-state index contributed by atoms with van der Waals surface area (Å²) in [5, 5.41) is 9.61. The Morgan fingerprint density at radius 2 is 1.40 bits per heavy atom. The van der Waals surface area contributed by atoms with Crippen molar-refractivity contribution in [2.24, 2.45) is 0 Å². The van der Waals surface area contributed by atoms with Crippen LogP contribution in [0.4, 0.5) is 0 Å². The van der Waals surface area contributed by atoms with E-state index in [1.807, 2.05) is 0 Å². The number of ether oxygens (including phenoxy) is 4. The van der Waals surface area contributed by atoms with Crippen LogP contribution in [0.1, 0.15) is 11.1 Å². The summed E-state index contributed by atoms with van der Waals surface area (Å²) in [6.07, 6.45) is 1.53. The molecule has 2 rings (SSSR count). The van der Waals surface area contributed by atoms with E-state index in [2.05, 4.69) is 0 Å². The molecule has 0 aromatic heterocycles. The standard InChI is InChI=1S/C19H20O6/c1-22-14-7-5-12(6-8-14)15(19(20)21)9-13-10-17(24-3)18(25-4)11-16(13)23-2/h5-11H,1-4H3,(H,20,21)/b15-9-. The van der Waals surface area contributed by atoms with Crippen LogP contribution in [0.3, 0.4) is 0 Å². The maximum atomic E-state index is 11.7. The zero-order chi connectivity index (χ0) is 18.4. The molecular weight excluding hydrogens is 324 g/mol. The molecule has 2 aromatic carbocycles. The number of carboxylic acid groups (broad SMARTS) is 1. The zero-order valence-corrected chi connectivity index (χ0v) is 14.5. The highest BCUT2D eigenvalue weighted by molar-refractivity contribution is 6.20. The van der Waals surface area contributed by atoms with Gasteiger partial charge in [-0.3, -0.25) is 0 Å². The molecule has 0 amide bonds. The summed E-state index contributed by atoms with van der Waals surface area (Å²) >= 11 is 0. The Labute approximate surface area is 146 Å². The van der Waals surface area contributed by atoms with E-state index in [1.165, 1.54) is 27.4 Å². The third-order valence-corrected chi connectivity index (χ3v) is 3.67. The Morgan fingerprint density at radius 3 is 1.88 bits per heavy atom. The Kier molecular flexibility index (Phi) is 5.89. The van der Waals surface area contributed by atoms with Gasteiger partial charge in [-0.05, 0) is 29.8 Å². The number of rotatable bonds is 7. The third-order valence-electron chi connectivity index (χ3n) is 3.67. The highest BCUT2D eigenvalue weighted by atomic mass is 16.5. The van der Waals surface area contributed by atoms with Crippen molar-refractivity contribution in [2.75, 3.05) is 28.4 Å². The highest BCUT2D eigenvalue weighted by Crippen LogP contribution is 2.36. The second-order valence-corrected chi connectivity index (χ2v) is 5.04. The number of hydrogen-bond donors (Lipinski definition) is 1. The van der Waals surface area contributed by atoms with Crippen LogP contribution in [0.5, 0.6) is 23.0 Å². The monoisotopic (exact) mass is 344 g/mol. The number of carbonyl (C=O) groups is 1. The number of benzene rings is 2. The largest absolute Gasteiger partial charge is 0.497 e. The zero-order valence-electron chi connectivity index (χ0n) is 14.5. The lowest BCUT2D eigenvalue weighted by Crippen LogP contribution is -2.01. The van der Waals surface area contributed by atoms with Gasteiger partial charge in [0.15, 0.2) is 11.5 Å². The molecular formula is C19H20O6. The van der Waals surface area contributed by atoms with Gasteiger partial charge in [0.2, 0.25) is 0 Å². The second-order valence-electron chi connectivity index (χ2n) is 5.04. The molecule has 0 aliphatic heterocycles. The minimum Gasteiger partial charge on any atom is -0.497 e. The molecule has 0 spiro atoms. The summed E-state index contributed by atoms with van der Waals surface area (Å²) in [6.45, 7) is 0. The topological polar surface area (TPSA) is 74.2 Å². The van der Waals surface area contributed by atoms with Gasteiger partial charge in [-0.25, -0.2) is 4.79 Å². The van der Waals surface area contributed by atoms with Crippen molar-refractivity contribution in [1.29, 1.82) is 0 Å². The number of carboxylic acids is 1. The van der Waals surface area contributed by atoms with Gasteiger partial charge in [-0.1, -0.05) is 12.1 Å². The minimum atomic E-state index is -1.05. The molecule has 132 valence electrons. The molecule has 2 aromatic rings. The molecule has 1 N–H and O–H groups in total. The van der Waals surface area contributed by atoms with E-state index in [0.717, 1.165) is 0 Å². The summed E-state index contributed by atoms with van der Waals surface area (Å²) in [6, 6.07) is 10.1. The Bertz CT molecular complexity index is 777. The van der Waals surface area contributed by atoms with Crippen LogP contribution in [-0.2, 0) is 4.79 Å². The lowest BCUT2D eigenvalue weighted by Gasteiger charge is -2.13. The Balaban J connectivity index is 2.57. The fourth-order valence-corrected chi connectivity index (χ4v) is 2.36. The van der Waals surface area contributed by atoms with Crippen LogP contribution in [-0.4, -0.2) is 39.5 Å². The van der Waals surface area contributed by atoms with Gasteiger partial charge < -0.3 is 24.1 Å². The summed E-state index contributed by atoms with van der Waals surface area (Å²) in [5.74, 6) is 1.05. The van der Waals surface area contributed by atoms with Crippen LogP contribution < -0.4 is 18.9 Å². The maximum absolute atomic E-state index is 11.7. The first-order valence-corrected chi connectivity index (χ1v) is 7.43. The third kappa shape index (κ3) is 4.03. The number of aliphatic carboxylic acids is 1. The van der Waals surface area contributed by atoms with Gasteiger partial charge >= 0.3 is 5.97 Å². The molecule has 0 aliphatic rings. The first-order chi connectivity index (χ1) is 12.0. The fourth-order valence-electron chi connectivity index (χ4n) is 2.36. The molecule has 25 heavy (non-hydrogen) atoms. The smallest absolute Gasteiger partial charge is 0.336 e. The average Bonchev–Trinajstić information content (AvgIpc) is 2.65. The molecule has 0 heterocycles. The first-order valence-electron chi connectivity index (χ1n) is 7.43. The summed E-state index contributed by atoms with van der Waals surface area (Å²) in [7, 11) is 6.09. The number of hydrogen-bond acceptors (Lipinski definition) is 5. The van der Waals surface area contributed by atoms with Crippen molar-refractivity contribution in [2.45, 2.75) is 0 Å². The lowest BCUT2D eigenvalue weighted by atomic mass is 10.0. The Hall–Kier alpha value is -3.15. The van der Waals surface area contributed by atoms with Gasteiger partial charge in [0.05, 0.1) is 34.0 Å². The van der Waals surface area contributed by atoms with Crippen molar-refractivity contribution in [3.05, 3.63) is 47.5 Å². The predicted molar refractivity (Wildman–Crippen MR) is 94.6 cm³/mol. The molecule has 0 atom stereocenters.